The zero-order valence-corrected chi connectivity index (χ0v) is 12.1. The second kappa shape index (κ2) is 5.27. The van der Waals surface area contributed by atoms with Gasteiger partial charge in [-0.05, 0) is 49.6 Å². The van der Waals surface area contributed by atoms with Crippen LogP contribution in [-0.4, -0.2) is 37.1 Å². The number of nitrogens with zero attached hydrogens (tertiary/aromatic N) is 1. The van der Waals surface area contributed by atoms with Crippen molar-refractivity contribution in [1.29, 1.82) is 0 Å². The van der Waals surface area contributed by atoms with Crippen molar-refractivity contribution in [2.75, 3.05) is 26.2 Å². The van der Waals surface area contributed by atoms with E-state index in [4.69, 9.17) is 0 Å². The third-order valence-electron chi connectivity index (χ3n) is 4.84. The lowest BCUT2D eigenvalue weighted by Crippen LogP contribution is -2.33. The molecule has 2 aliphatic rings. The Hall–Kier alpha value is -0.0800. The highest BCUT2D eigenvalue weighted by molar-refractivity contribution is 4.98. The first-order chi connectivity index (χ1) is 8.02. The van der Waals surface area contributed by atoms with Gasteiger partial charge in [-0.3, -0.25) is 0 Å². The van der Waals surface area contributed by atoms with Crippen LogP contribution in [0.1, 0.15) is 47.0 Å². The zero-order chi connectivity index (χ0) is 12.5. The van der Waals surface area contributed by atoms with Crippen LogP contribution in [-0.2, 0) is 0 Å². The van der Waals surface area contributed by atoms with Gasteiger partial charge in [0.25, 0.3) is 0 Å². The number of nitrogens with one attached hydrogen (secondary N) is 1. The van der Waals surface area contributed by atoms with Gasteiger partial charge in [-0.1, -0.05) is 27.7 Å². The average molecular weight is 238 g/mol. The van der Waals surface area contributed by atoms with Crippen LogP contribution in [0.15, 0.2) is 0 Å². The molecule has 17 heavy (non-hydrogen) atoms. The first-order valence-corrected chi connectivity index (χ1v) is 7.47. The highest BCUT2D eigenvalue weighted by Crippen LogP contribution is 2.52. The molecule has 0 radical (unpaired) electrons. The van der Waals surface area contributed by atoms with Crippen LogP contribution in [0.3, 0.4) is 0 Å². The Labute approximate surface area is 107 Å². The van der Waals surface area contributed by atoms with Crippen LogP contribution in [0.25, 0.3) is 0 Å². The van der Waals surface area contributed by atoms with Gasteiger partial charge in [0, 0.05) is 19.1 Å². The molecule has 2 rings (SSSR count). The topological polar surface area (TPSA) is 15.3 Å². The summed E-state index contributed by atoms with van der Waals surface area (Å²) in [6.07, 6.45) is 4.33. The molecule has 0 aromatic heterocycles. The van der Waals surface area contributed by atoms with Crippen molar-refractivity contribution in [3.05, 3.63) is 0 Å². The molecule has 0 aromatic rings. The monoisotopic (exact) mass is 238 g/mol. The summed E-state index contributed by atoms with van der Waals surface area (Å²) in [4.78, 5) is 2.72. The highest BCUT2D eigenvalue weighted by Gasteiger charge is 2.46. The molecule has 0 aromatic carbocycles. The van der Waals surface area contributed by atoms with Crippen LogP contribution in [0.5, 0.6) is 0 Å². The van der Waals surface area contributed by atoms with Gasteiger partial charge >= 0.3 is 0 Å². The molecule has 0 bridgehead atoms. The van der Waals surface area contributed by atoms with Gasteiger partial charge in [0.15, 0.2) is 0 Å². The molecule has 0 amide bonds. The van der Waals surface area contributed by atoms with Crippen LogP contribution < -0.4 is 5.32 Å². The Morgan fingerprint density at radius 2 is 1.94 bits per heavy atom. The first-order valence-electron chi connectivity index (χ1n) is 7.47. The van der Waals surface area contributed by atoms with E-state index in [-0.39, 0.29) is 0 Å². The van der Waals surface area contributed by atoms with E-state index in [1.165, 1.54) is 45.4 Å². The largest absolute Gasteiger partial charge is 0.314 e. The Morgan fingerprint density at radius 3 is 2.47 bits per heavy atom. The average Bonchev–Trinajstić information content (AvgIpc) is 2.89. The van der Waals surface area contributed by atoms with E-state index in [9.17, 15) is 0 Å². The second-order valence-electron chi connectivity index (χ2n) is 6.97. The predicted molar refractivity (Wildman–Crippen MR) is 74.2 cm³/mol. The molecule has 1 unspecified atom stereocenters. The summed E-state index contributed by atoms with van der Waals surface area (Å²) in [5.74, 6) is 1.76. The lowest BCUT2D eigenvalue weighted by molar-refractivity contribution is 0.211. The van der Waals surface area contributed by atoms with Crippen molar-refractivity contribution in [2.45, 2.75) is 53.0 Å². The molecule has 2 nitrogen and oxygen atoms in total. The Kier molecular flexibility index (Phi) is 4.14. The second-order valence-corrected chi connectivity index (χ2v) is 6.97. The van der Waals surface area contributed by atoms with Crippen LogP contribution in [0.2, 0.25) is 0 Å². The fourth-order valence-electron chi connectivity index (χ4n) is 3.15. The molecule has 2 fully saturated rings. The third kappa shape index (κ3) is 3.45. The molecule has 1 saturated heterocycles. The van der Waals surface area contributed by atoms with E-state index >= 15 is 0 Å². The SMILES string of the molecule is CC(C)NCC1CCN(CC2(C(C)C)CC2)C1. The fraction of sp³-hybridized carbons (Fsp3) is 1.00. The molecule has 1 N–H and O–H groups in total. The Bertz CT molecular complexity index is 243. The summed E-state index contributed by atoms with van der Waals surface area (Å²) < 4.78 is 0. The summed E-state index contributed by atoms with van der Waals surface area (Å²) >= 11 is 0. The number of hydrogen-bond acceptors (Lipinski definition) is 2. The normalized spacial score (nSPS) is 28.2. The smallest absolute Gasteiger partial charge is 0.00406 e. The minimum absolute atomic E-state index is 0.634. The standard InChI is InChI=1S/C15H30N2/c1-12(2)15(6-7-15)11-17-8-5-14(10-17)9-16-13(3)4/h12-14,16H,5-11H2,1-4H3. The van der Waals surface area contributed by atoms with Gasteiger partial charge in [0.1, 0.15) is 0 Å². The van der Waals surface area contributed by atoms with Crippen molar-refractivity contribution >= 4 is 0 Å². The predicted octanol–water partition coefficient (Wildman–Crippen LogP) is 2.74. The summed E-state index contributed by atoms with van der Waals surface area (Å²) in [7, 11) is 0. The first kappa shape index (κ1) is 13.4. The van der Waals surface area contributed by atoms with Gasteiger partial charge in [0.2, 0.25) is 0 Å². The van der Waals surface area contributed by atoms with E-state index < -0.39 is 0 Å². The van der Waals surface area contributed by atoms with Crippen molar-refractivity contribution < 1.29 is 0 Å². The Morgan fingerprint density at radius 1 is 1.24 bits per heavy atom. The number of rotatable bonds is 6. The van der Waals surface area contributed by atoms with Crippen molar-refractivity contribution in [1.82, 2.24) is 10.2 Å². The molecule has 1 heterocycles. The fourth-order valence-corrected chi connectivity index (χ4v) is 3.15. The number of hydrogen-bond donors (Lipinski definition) is 1. The summed E-state index contributed by atoms with van der Waals surface area (Å²) in [5, 5.41) is 3.58. The van der Waals surface area contributed by atoms with E-state index in [2.05, 4.69) is 37.9 Å². The van der Waals surface area contributed by atoms with Gasteiger partial charge in [-0.2, -0.15) is 0 Å². The van der Waals surface area contributed by atoms with Crippen molar-refractivity contribution in [2.24, 2.45) is 17.3 Å². The lowest BCUT2D eigenvalue weighted by Gasteiger charge is -2.26. The molecule has 1 atom stereocenters. The minimum atomic E-state index is 0.634. The Balaban J connectivity index is 1.71. The van der Waals surface area contributed by atoms with E-state index in [1.807, 2.05) is 0 Å². The molecule has 100 valence electrons. The molecule has 1 aliphatic carbocycles. The van der Waals surface area contributed by atoms with Crippen molar-refractivity contribution in [3.63, 3.8) is 0 Å². The van der Waals surface area contributed by atoms with E-state index in [0.717, 1.165) is 11.8 Å². The molecule has 1 saturated carbocycles. The van der Waals surface area contributed by atoms with Crippen LogP contribution in [0.4, 0.5) is 0 Å². The maximum Gasteiger partial charge on any atom is 0.00406 e. The lowest BCUT2D eigenvalue weighted by atomic mass is 9.92. The van der Waals surface area contributed by atoms with E-state index in [0.29, 0.717) is 11.5 Å². The van der Waals surface area contributed by atoms with E-state index in [1.54, 1.807) is 0 Å². The van der Waals surface area contributed by atoms with Gasteiger partial charge in [0.05, 0.1) is 0 Å². The maximum absolute atomic E-state index is 3.58. The van der Waals surface area contributed by atoms with Gasteiger partial charge in [-0.25, -0.2) is 0 Å². The molecular weight excluding hydrogens is 208 g/mol. The molecule has 0 spiro atoms. The summed E-state index contributed by atoms with van der Waals surface area (Å²) in [6.45, 7) is 14.5. The number of likely N-dealkylation sites (tertiary alicyclic amines) is 1. The molecule has 2 heteroatoms. The van der Waals surface area contributed by atoms with Crippen LogP contribution in [0, 0.1) is 17.3 Å². The third-order valence-corrected chi connectivity index (χ3v) is 4.84. The maximum atomic E-state index is 3.58. The summed E-state index contributed by atoms with van der Waals surface area (Å²) in [5.41, 5.74) is 0.695. The molecular formula is C15H30N2. The molecule has 1 aliphatic heterocycles. The van der Waals surface area contributed by atoms with Gasteiger partial charge in [-0.15, -0.1) is 0 Å². The summed E-state index contributed by atoms with van der Waals surface area (Å²) in [6, 6.07) is 0.634. The quantitative estimate of drug-likeness (QED) is 0.765. The zero-order valence-electron chi connectivity index (χ0n) is 12.1. The minimum Gasteiger partial charge on any atom is -0.314 e. The van der Waals surface area contributed by atoms with Crippen LogP contribution >= 0.6 is 0 Å². The highest BCUT2D eigenvalue weighted by atomic mass is 15.2. The van der Waals surface area contributed by atoms with Gasteiger partial charge < -0.3 is 10.2 Å². The van der Waals surface area contributed by atoms with Crippen molar-refractivity contribution in [3.8, 4) is 0 Å².